The molecule has 0 saturated carbocycles. The fraction of sp³-hybridized carbons (Fsp3) is 0.143. The minimum absolute atomic E-state index is 0.396. The van der Waals surface area contributed by atoms with Crippen molar-refractivity contribution in [3.8, 4) is 5.75 Å². The number of diazo groups is 1. The summed E-state index contributed by atoms with van der Waals surface area (Å²) in [4.78, 5) is 0.828. The van der Waals surface area contributed by atoms with E-state index in [4.69, 9.17) is 14.5 Å². The summed E-state index contributed by atoms with van der Waals surface area (Å²) in [6, 6.07) is 0.649. The normalized spacial score (nSPS) is 11.9. The molecule has 0 aliphatic heterocycles. The van der Waals surface area contributed by atoms with Gasteiger partial charge in [0.1, 0.15) is 0 Å². The van der Waals surface area contributed by atoms with Crippen LogP contribution in [0.1, 0.15) is 0 Å². The van der Waals surface area contributed by atoms with Crippen molar-refractivity contribution >= 4 is 41.9 Å². The summed E-state index contributed by atoms with van der Waals surface area (Å²) >= 11 is 2.71. The highest BCUT2D eigenvalue weighted by Gasteiger charge is 2.37. The Bertz CT molecular complexity index is 779. The van der Waals surface area contributed by atoms with Crippen molar-refractivity contribution < 1.29 is 30.7 Å². The Morgan fingerprint density at radius 3 is 2.11 bits per heavy atom. The van der Waals surface area contributed by atoms with Crippen molar-refractivity contribution in [2.24, 2.45) is 0 Å². The average molecular weight is 374 g/mol. The summed E-state index contributed by atoms with van der Waals surface area (Å²) < 4.78 is 66.7. The first-order valence-corrected chi connectivity index (χ1v) is 7.92. The van der Waals surface area contributed by atoms with E-state index in [1.165, 1.54) is 0 Å². The van der Waals surface area contributed by atoms with Gasteiger partial charge in [-0.25, -0.2) is 0 Å². The van der Waals surface area contributed by atoms with Crippen LogP contribution in [-0.2, 0) is 20.2 Å². The molecule has 0 atom stereocenters. The van der Waals surface area contributed by atoms with E-state index in [1.807, 2.05) is 0 Å². The summed E-state index contributed by atoms with van der Waals surface area (Å²) in [5, 5.41) is 8.75. The fourth-order valence-electron chi connectivity index (χ4n) is 1.30. The van der Waals surface area contributed by atoms with Gasteiger partial charge in [-0.2, -0.15) is 16.8 Å². The van der Waals surface area contributed by atoms with E-state index in [9.17, 15) is 16.8 Å². The number of nitrogens with zero attached hydrogens (tertiary/aromatic N) is 2. The molecule has 0 amide bonds. The maximum Gasteiger partial charge on any atom is 0.448 e. The number of halogens is 1. The number of ether oxygens (including phenoxy) is 1. The molecule has 0 heterocycles. The first-order valence-electron chi connectivity index (χ1n) is 4.24. The minimum Gasteiger partial charge on any atom is -0.488 e. The van der Waals surface area contributed by atoms with Crippen LogP contribution in [0.3, 0.4) is 0 Å². The molecule has 1 rings (SSSR count). The first-order chi connectivity index (χ1) is 8.54. The number of hydrogen-bond donors (Lipinski definition) is 2. The lowest BCUT2D eigenvalue weighted by atomic mass is 10.3. The van der Waals surface area contributed by atoms with Crippen molar-refractivity contribution in [1.82, 2.24) is 0 Å². The van der Waals surface area contributed by atoms with Crippen LogP contribution in [0.2, 0.25) is 0 Å². The average Bonchev–Trinajstić information content (AvgIpc) is 2.24. The number of hydrogen-bond acceptors (Lipinski definition) is 6. The van der Waals surface area contributed by atoms with Gasteiger partial charge in [0.05, 0.1) is 7.11 Å². The van der Waals surface area contributed by atoms with E-state index in [1.54, 1.807) is 0 Å². The third-order valence-corrected chi connectivity index (χ3v) is 4.65. The molecule has 0 radical (unpaired) electrons. The minimum atomic E-state index is -4.80. The van der Waals surface area contributed by atoms with Gasteiger partial charge >= 0.3 is 15.8 Å². The lowest BCUT2D eigenvalue weighted by Crippen LogP contribution is -2.06. The SMILES string of the molecule is COc1c([N+]#N)c(S(=O)(=O)O)cc(Br)c1S(=O)(=O)O. The Kier molecular flexibility index (Phi) is 4.17. The van der Waals surface area contributed by atoms with Gasteiger partial charge in [0.25, 0.3) is 10.1 Å². The number of methoxy groups -OCH3 is 1. The zero-order valence-corrected chi connectivity index (χ0v) is 12.3. The molecule has 0 aliphatic rings. The molecular formula is C7H6BrN2O7S2+. The third-order valence-electron chi connectivity index (χ3n) is 1.97. The predicted octanol–water partition coefficient (Wildman–Crippen LogP) is 1.44. The van der Waals surface area contributed by atoms with E-state index < -0.39 is 45.9 Å². The van der Waals surface area contributed by atoms with Crippen molar-refractivity contribution in [3.05, 3.63) is 15.5 Å². The number of benzene rings is 1. The molecule has 0 spiro atoms. The quantitative estimate of drug-likeness (QED) is 0.597. The maximum absolute atomic E-state index is 11.2. The van der Waals surface area contributed by atoms with Crippen LogP contribution < -0.4 is 4.74 Å². The lowest BCUT2D eigenvalue weighted by Gasteiger charge is -2.07. The summed E-state index contributed by atoms with van der Waals surface area (Å²) in [5.41, 5.74) is -0.860. The van der Waals surface area contributed by atoms with Crippen LogP contribution >= 0.6 is 15.9 Å². The molecular weight excluding hydrogens is 368 g/mol. The predicted molar refractivity (Wildman–Crippen MR) is 65.1 cm³/mol. The molecule has 1 aromatic rings. The summed E-state index contributed by atoms with van der Waals surface area (Å²) in [6.07, 6.45) is 0. The van der Waals surface area contributed by atoms with Gasteiger partial charge in [-0.15, -0.1) is 0 Å². The van der Waals surface area contributed by atoms with Crippen LogP contribution in [-0.4, -0.2) is 33.1 Å². The van der Waals surface area contributed by atoms with Gasteiger partial charge in [0.15, 0.2) is 14.8 Å². The Balaban J connectivity index is 4.04. The molecule has 104 valence electrons. The third kappa shape index (κ3) is 3.01. The van der Waals surface area contributed by atoms with Crippen LogP contribution in [0.5, 0.6) is 5.75 Å². The molecule has 2 N–H and O–H groups in total. The zero-order valence-electron chi connectivity index (χ0n) is 9.10. The van der Waals surface area contributed by atoms with Crippen molar-refractivity contribution in [1.29, 1.82) is 5.39 Å². The largest absolute Gasteiger partial charge is 0.488 e. The molecule has 0 saturated heterocycles. The van der Waals surface area contributed by atoms with Crippen molar-refractivity contribution in [2.75, 3.05) is 7.11 Å². The Labute approximate surface area is 116 Å². The fourth-order valence-corrected chi connectivity index (χ4v) is 3.84. The first kappa shape index (κ1) is 15.8. The molecule has 1 aromatic carbocycles. The highest BCUT2D eigenvalue weighted by atomic mass is 79.9. The standard InChI is InChI=1S/C7H5BrN2O7S2/c1-17-6-5(10-9)4(18(11,12)13)2-3(8)7(6)19(14,15)16/h2H,1H3,(H-,11,12,13,14,15,16)/p+1. The lowest BCUT2D eigenvalue weighted by molar-refractivity contribution is 0.397. The molecule has 19 heavy (non-hydrogen) atoms. The molecule has 0 bridgehead atoms. The molecule has 9 nitrogen and oxygen atoms in total. The Hall–Kier alpha value is -1.26. The second-order valence-corrected chi connectivity index (χ2v) is 6.72. The van der Waals surface area contributed by atoms with Crippen molar-refractivity contribution in [3.63, 3.8) is 0 Å². The highest BCUT2D eigenvalue weighted by molar-refractivity contribution is 9.10. The second-order valence-electron chi connectivity index (χ2n) is 3.12. The monoisotopic (exact) mass is 373 g/mol. The number of rotatable bonds is 3. The van der Waals surface area contributed by atoms with Crippen LogP contribution in [0.4, 0.5) is 5.69 Å². The highest BCUT2D eigenvalue weighted by Crippen LogP contribution is 2.43. The van der Waals surface area contributed by atoms with E-state index in [0.29, 0.717) is 6.07 Å². The van der Waals surface area contributed by atoms with Crippen LogP contribution in [0.15, 0.2) is 20.3 Å². The molecule has 0 aliphatic carbocycles. The van der Waals surface area contributed by atoms with Gasteiger partial charge in [-0.05, 0) is 22.0 Å². The van der Waals surface area contributed by atoms with E-state index >= 15 is 0 Å². The summed E-state index contributed by atoms with van der Waals surface area (Å²) in [6.45, 7) is 0. The van der Waals surface area contributed by atoms with E-state index in [2.05, 4.69) is 25.6 Å². The smallest absolute Gasteiger partial charge is 0.448 e. The summed E-state index contributed by atoms with van der Waals surface area (Å²) in [7, 11) is -8.64. The molecule has 0 fully saturated rings. The van der Waals surface area contributed by atoms with Crippen molar-refractivity contribution in [2.45, 2.75) is 9.79 Å². The van der Waals surface area contributed by atoms with Gasteiger partial charge in [-0.3, -0.25) is 9.11 Å². The van der Waals surface area contributed by atoms with Crippen LogP contribution in [0, 0.1) is 5.39 Å². The Morgan fingerprint density at radius 2 is 1.79 bits per heavy atom. The Morgan fingerprint density at radius 1 is 1.26 bits per heavy atom. The molecule has 12 heteroatoms. The van der Waals surface area contributed by atoms with E-state index in [-0.39, 0.29) is 0 Å². The van der Waals surface area contributed by atoms with Gasteiger partial charge in [-0.1, -0.05) is 0 Å². The van der Waals surface area contributed by atoms with Gasteiger partial charge < -0.3 is 4.74 Å². The molecule has 0 unspecified atom stereocenters. The maximum atomic E-state index is 11.2. The zero-order chi connectivity index (χ0) is 15.0. The van der Waals surface area contributed by atoms with Gasteiger partial charge in [0.2, 0.25) is 11.1 Å². The van der Waals surface area contributed by atoms with E-state index in [0.717, 1.165) is 7.11 Å². The van der Waals surface area contributed by atoms with Crippen LogP contribution in [0.25, 0.3) is 4.98 Å². The topological polar surface area (TPSA) is 146 Å². The molecule has 0 aromatic heterocycles. The summed E-state index contributed by atoms with van der Waals surface area (Å²) in [5.74, 6) is -0.744. The second kappa shape index (κ2) is 5.02. The van der Waals surface area contributed by atoms with Gasteiger partial charge in [0, 0.05) is 4.47 Å².